The Balaban J connectivity index is 2.18. The van der Waals surface area contributed by atoms with E-state index in [1.54, 1.807) is 0 Å². The zero-order chi connectivity index (χ0) is 11.4. The predicted molar refractivity (Wildman–Crippen MR) is 64.7 cm³/mol. The van der Waals surface area contributed by atoms with Crippen LogP contribution in [0.15, 0.2) is 23.2 Å². The minimum Gasteiger partial charge on any atom is -0.370 e. The molecule has 1 heterocycles. The average molecular weight is 237 g/mol. The predicted octanol–water partition coefficient (Wildman–Crippen LogP) is 2.78. The number of hydrogen-bond acceptors (Lipinski definition) is 3. The van der Waals surface area contributed by atoms with Crippen LogP contribution in [0.25, 0.3) is 0 Å². The van der Waals surface area contributed by atoms with Crippen molar-refractivity contribution >= 4 is 23.4 Å². The molecular weight excluding hydrogens is 224 g/mol. The van der Waals surface area contributed by atoms with Gasteiger partial charge in [-0.2, -0.15) is 0 Å². The first-order valence-corrected chi connectivity index (χ1v) is 5.76. The van der Waals surface area contributed by atoms with Gasteiger partial charge in [-0.15, -0.1) is 0 Å². The number of halogens is 1. The lowest BCUT2D eigenvalue weighted by molar-refractivity contribution is 0.563. The van der Waals surface area contributed by atoms with E-state index in [2.05, 4.69) is 9.89 Å². The van der Waals surface area contributed by atoms with Crippen molar-refractivity contribution in [1.82, 2.24) is 0 Å². The first-order valence-electron chi connectivity index (χ1n) is 5.38. The molecule has 0 saturated carbocycles. The van der Waals surface area contributed by atoms with E-state index in [9.17, 15) is 4.79 Å². The fourth-order valence-electron chi connectivity index (χ4n) is 1.99. The van der Waals surface area contributed by atoms with Gasteiger partial charge in [0.25, 0.3) is 0 Å². The molecule has 2 rings (SSSR count). The van der Waals surface area contributed by atoms with Crippen LogP contribution >= 0.6 is 11.6 Å². The van der Waals surface area contributed by atoms with E-state index < -0.39 is 0 Å². The number of carbonyl (C=O) groups excluding carboxylic acids is 1. The number of aliphatic imine (C=N–C) groups is 1. The third kappa shape index (κ3) is 2.43. The van der Waals surface area contributed by atoms with Gasteiger partial charge in [-0.1, -0.05) is 17.7 Å². The van der Waals surface area contributed by atoms with Crippen LogP contribution in [-0.2, 0) is 11.3 Å². The molecule has 0 atom stereocenters. The van der Waals surface area contributed by atoms with Crippen molar-refractivity contribution in [1.29, 1.82) is 0 Å². The van der Waals surface area contributed by atoms with Gasteiger partial charge < -0.3 is 4.90 Å². The van der Waals surface area contributed by atoms with Crippen molar-refractivity contribution in [2.45, 2.75) is 19.4 Å². The first-order chi connectivity index (χ1) is 7.81. The summed E-state index contributed by atoms with van der Waals surface area (Å²) in [6, 6.07) is 5.83. The minimum atomic E-state index is 0.351. The molecule has 1 aliphatic heterocycles. The summed E-state index contributed by atoms with van der Waals surface area (Å²) in [4.78, 5) is 15.8. The molecule has 0 amide bonds. The Hall–Kier alpha value is -1.31. The van der Waals surface area contributed by atoms with E-state index >= 15 is 0 Å². The maximum Gasteiger partial charge on any atom is 0.235 e. The Bertz CT molecular complexity index is 421. The van der Waals surface area contributed by atoms with Gasteiger partial charge in [0.1, 0.15) is 0 Å². The van der Waals surface area contributed by atoms with Crippen molar-refractivity contribution in [3.8, 4) is 0 Å². The number of hydrogen-bond donors (Lipinski definition) is 0. The third-order valence-electron chi connectivity index (χ3n) is 2.79. The molecule has 1 fully saturated rings. The van der Waals surface area contributed by atoms with Gasteiger partial charge in [0, 0.05) is 13.1 Å². The van der Waals surface area contributed by atoms with E-state index in [1.807, 2.05) is 18.2 Å². The van der Waals surface area contributed by atoms with E-state index in [1.165, 1.54) is 18.9 Å². The van der Waals surface area contributed by atoms with Crippen LogP contribution in [0.5, 0.6) is 0 Å². The van der Waals surface area contributed by atoms with Gasteiger partial charge in [0.15, 0.2) is 0 Å². The Kier molecular flexibility index (Phi) is 3.60. The minimum absolute atomic E-state index is 0.351. The average Bonchev–Trinajstić information content (AvgIpc) is 2.80. The summed E-state index contributed by atoms with van der Waals surface area (Å²) in [5.74, 6) is 0. The van der Waals surface area contributed by atoms with Gasteiger partial charge >= 0.3 is 0 Å². The van der Waals surface area contributed by atoms with Crippen molar-refractivity contribution in [3.05, 3.63) is 28.8 Å². The molecule has 0 aliphatic carbocycles. The second-order valence-electron chi connectivity index (χ2n) is 3.89. The van der Waals surface area contributed by atoms with Crippen molar-refractivity contribution in [2.75, 3.05) is 18.0 Å². The molecule has 0 spiro atoms. The second-order valence-corrected chi connectivity index (χ2v) is 4.29. The largest absolute Gasteiger partial charge is 0.370 e. The molecule has 0 aromatic heterocycles. The molecule has 0 bridgehead atoms. The van der Waals surface area contributed by atoms with Crippen LogP contribution < -0.4 is 4.90 Å². The van der Waals surface area contributed by atoms with Crippen LogP contribution in [0.2, 0.25) is 5.02 Å². The van der Waals surface area contributed by atoms with Crippen molar-refractivity contribution < 1.29 is 4.79 Å². The Labute approximate surface area is 99.7 Å². The number of nitrogens with zero attached hydrogens (tertiary/aromatic N) is 2. The van der Waals surface area contributed by atoms with E-state index in [0.717, 1.165) is 29.4 Å². The molecule has 84 valence electrons. The Morgan fingerprint density at radius 1 is 1.38 bits per heavy atom. The normalized spacial score (nSPS) is 14.9. The van der Waals surface area contributed by atoms with Crippen LogP contribution in [-0.4, -0.2) is 19.2 Å². The van der Waals surface area contributed by atoms with Crippen LogP contribution in [0.3, 0.4) is 0 Å². The molecule has 16 heavy (non-hydrogen) atoms. The van der Waals surface area contributed by atoms with Gasteiger partial charge in [0.2, 0.25) is 6.08 Å². The van der Waals surface area contributed by atoms with Gasteiger partial charge in [-0.3, -0.25) is 0 Å². The van der Waals surface area contributed by atoms with Crippen LogP contribution in [0, 0.1) is 0 Å². The van der Waals surface area contributed by atoms with Crippen molar-refractivity contribution in [3.63, 3.8) is 0 Å². The summed E-state index contributed by atoms with van der Waals surface area (Å²) >= 11 is 6.21. The Morgan fingerprint density at radius 2 is 2.12 bits per heavy atom. The summed E-state index contributed by atoms with van der Waals surface area (Å²) in [5, 5.41) is 0.737. The molecule has 0 N–H and O–H groups in total. The monoisotopic (exact) mass is 236 g/mol. The summed E-state index contributed by atoms with van der Waals surface area (Å²) in [6.07, 6.45) is 3.99. The molecular formula is C12H13ClN2O. The highest BCUT2D eigenvalue weighted by atomic mass is 35.5. The zero-order valence-electron chi connectivity index (χ0n) is 8.95. The fraction of sp³-hybridized carbons (Fsp3) is 0.417. The van der Waals surface area contributed by atoms with Crippen LogP contribution in [0.4, 0.5) is 5.69 Å². The highest BCUT2D eigenvalue weighted by molar-refractivity contribution is 6.33. The van der Waals surface area contributed by atoms with E-state index in [0.29, 0.717) is 6.54 Å². The summed E-state index contributed by atoms with van der Waals surface area (Å²) in [5.41, 5.74) is 2.02. The number of rotatable bonds is 3. The molecule has 1 aromatic rings. The molecule has 0 unspecified atom stereocenters. The highest BCUT2D eigenvalue weighted by Gasteiger charge is 2.14. The van der Waals surface area contributed by atoms with Crippen molar-refractivity contribution in [2.24, 2.45) is 4.99 Å². The lowest BCUT2D eigenvalue weighted by Crippen LogP contribution is -2.17. The molecule has 4 heteroatoms. The lowest BCUT2D eigenvalue weighted by atomic mass is 10.2. The lowest BCUT2D eigenvalue weighted by Gasteiger charge is -2.19. The molecule has 1 aromatic carbocycles. The summed E-state index contributed by atoms with van der Waals surface area (Å²) in [7, 11) is 0. The molecule has 1 saturated heterocycles. The van der Waals surface area contributed by atoms with Gasteiger partial charge in [-0.25, -0.2) is 9.79 Å². The smallest absolute Gasteiger partial charge is 0.235 e. The molecule has 3 nitrogen and oxygen atoms in total. The van der Waals surface area contributed by atoms with E-state index in [4.69, 9.17) is 11.6 Å². The zero-order valence-corrected chi connectivity index (χ0v) is 9.70. The SMILES string of the molecule is O=C=NCc1ccc(N2CCCC2)c(Cl)c1. The standard InChI is InChI=1S/C12H13ClN2O/c13-11-7-10(8-14-9-16)3-4-12(11)15-5-1-2-6-15/h3-4,7H,1-2,5-6,8H2. The number of isocyanates is 1. The topological polar surface area (TPSA) is 32.7 Å². The van der Waals surface area contributed by atoms with E-state index in [-0.39, 0.29) is 0 Å². The maximum absolute atomic E-state index is 10.0. The Morgan fingerprint density at radius 3 is 2.75 bits per heavy atom. The van der Waals surface area contributed by atoms with Gasteiger partial charge in [-0.05, 0) is 30.5 Å². The quantitative estimate of drug-likeness (QED) is 0.597. The van der Waals surface area contributed by atoms with Crippen LogP contribution in [0.1, 0.15) is 18.4 Å². The molecule has 1 aliphatic rings. The maximum atomic E-state index is 10.0. The summed E-state index contributed by atoms with van der Waals surface area (Å²) in [6.45, 7) is 2.50. The first kappa shape index (κ1) is 11.2. The number of benzene rings is 1. The highest BCUT2D eigenvalue weighted by Crippen LogP contribution is 2.29. The number of anilines is 1. The second kappa shape index (κ2) is 5.15. The van der Waals surface area contributed by atoms with Gasteiger partial charge in [0.05, 0.1) is 17.3 Å². The molecule has 0 radical (unpaired) electrons. The third-order valence-corrected chi connectivity index (χ3v) is 3.09. The fourth-order valence-corrected chi connectivity index (χ4v) is 2.31. The summed E-state index contributed by atoms with van der Waals surface area (Å²) < 4.78 is 0.